The molecule has 1 aromatic carbocycles. The van der Waals surface area contributed by atoms with Crippen LogP contribution in [0, 0.1) is 19.8 Å². The number of benzene rings is 1. The number of fused-ring (bicyclic) bond motifs is 1. The minimum atomic E-state index is -0.0224. The quantitative estimate of drug-likeness (QED) is 0.945. The van der Waals surface area contributed by atoms with Crippen LogP contribution in [0.1, 0.15) is 34.6 Å². The van der Waals surface area contributed by atoms with Crippen molar-refractivity contribution in [1.82, 2.24) is 20.2 Å². The van der Waals surface area contributed by atoms with E-state index in [2.05, 4.69) is 27.2 Å². The van der Waals surface area contributed by atoms with E-state index in [1.165, 1.54) is 0 Å². The van der Waals surface area contributed by atoms with E-state index in [1.54, 1.807) is 0 Å². The number of hydrogen-bond donors (Lipinski definition) is 1. The molecule has 0 aliphatic carbocycles. The zero-order valence-electron chi connectivity index (χ0n) is 14.1. The standard InChI is InChI=1S/C18H24N4O/c1-12-13(2)21-17-10-15(4-5-16(17)20-12)18(23)19-11-14-6-8-22(3)9-7-14/h4-5,10,14H,6-9,11H2,1-3H3,(H,19,23). The third kappa shape index (κ3) is 3.67. The maximum absolute atomic E-state index is 12.4. The highest BCUT2D eigenvalue weighted by molar-refractivity contribution is 5.97. The lowest BCUT2D eigenvalue weighted by atomic mass is 9.97. The number of amides is 1. The van der Waals surface area contributed by atoms with Gasteiger partial charge in [0.05, 0.1) is 22.4 Å². The molecule has 1 aliphatic heterocycles. The molecule has 1 saturated heterocycles. The number of nitrogens with one attached hydrogen (secondary N) is 1. The van der Waals surface area contributed by atoms with Crippen LogP contribution in [-0.2, 0) is 0 Å². The summed E-state index contributed by atoms with van der Waals surface area (Å²) in [6, 6.07) is 5.54. The number of piperidine rings is 1. The molecular formula is C18H24N4O. The fraction of sp³-hybridized carbons (Fsp3) is 0.500. The van der Waals surface area contributed by atoms with Crippen molar-refractivity contribution >= 4 is 16.9 Å². The Kier molecular flexibility index (Phi) is 4.57. The molecule has 0 atom stereocenters. The number of rotatable bonds is 3. The molecular weight excluding hydrogens is 288 g/mol. The Hall–Kier alpha value is -2.01. The minimum absolute atomic E-state index is 0.0224. The highest BCUT2D eigenvalue weighted by Gasteiger charge is 2.17. The number of carbonyl (C=O) groups excluding carboxylic acids is 1. The van der Waals surface area contributed by atoms with Crippen molar-refractivity contribution < 1.29 is 4.79 Å². The molecule has 1 aliphatic rings. The van der Waals surface area contributed by atoms with Crippen molar-refractivity contribution in [1.29, 1.82) is 0 Å². The molecule has 23 heavy (non-hydrogen) atoms. The zero-order chi connectivity index (χ0) is 16.4. The van der Waals surface area contributed by atoms with Crippen LogP contribution in [0.25, 0.3) is 11.0 Å². The van der Waals surface area contributed by atoms with Gasteiger partial charge in [-0.15, -0.1) is 0 Å². The van der Waals surface area contributed by atoms with E-state index in [0.717, 1.165) is 54.9 Å². The fourth-order valence-electron chi connectivity index (χ4n) is 2.98. The smallest absolute Gasteiger partial charge is 0.251 e. The average Bonchev–Trinajstić information content (AvgIpc) is 2.54. The lowest BCUT2D eigenvalue weighted by molar-refractivity contribution is 0.0939. The summed E-state index contributed by atoms with van der Waals surface area (Å²) >= 11 is 0. The molecule has 2 aromatic rings. The van der Waals surface area contributed by atoms with Gasteiger partial charge in [0.15, 0.2) is 0 Å². The molecule has 0 radical (unpaired) electrons. The Morgan fingerprint density at radius 1 is 1.17 bits per heavy atom. The van der Waals surface area contributed by atoms with E-state index >= 15 is 0 Å². The molecule has 0 unspecified atom stereocenters. The number of nitrogens with zero attached hydrogens (tertiary/aromatic N) is 3. The van der Waals surface area contributed by atoms with E-state index < -0.39 is 0 Å². The Bertz CT molecular complexity index is 720. The molecule has 3 rings (SSSR count). The predicted molar refractivity (Wildman–Crippen MR) is 91.6 cm³/mol. The van der Waals surface area contributed by atoms with Crippen molar-refractivity contribution in [3.05, 3.63) is 35.2 Å². The van der Waals surface area contributed by atoms with E-state index in [9.17, 15) is 4.79 Å². The van der Waals surface area contributed by atoms with Crippen LogP contribution in [0.2, 0.25) is 0 Å². The highest BCUT2D eigenvalue weighted by Crippen LogP contribution is 2.16. The van der Waals surface area contributed by atoms with Crippen molar-refractivity contribution in [2.45, 2.75) is 26.7 Å². The third-order valence-corrected chi connectivity index (χ3v) is 4.73. The van der Waals surface area contributed by atoms with Gasteiger partial charge in [-0.25, -0.2) is 9.97 Å². The molecule has 1 N–H and O–H groups in total. The van der Waals surface area contributed by atoms with Gasteiger partial charge in [0.25, 0.3) is 5.91 Å². The number of hydrogen-bond acceptors (Lipinski definition) is 4. The van der Waals surface area contributed by atoms with Crippen LogP contribution in [-0.4, -0.2) is 47.5 Å². The number of aromatic nitrogens is 2. The van der Waals surface area contributed by atoms with Crippen LogP contribution in [0.15, 0.2) is 18.2 Å². The first-order chi connectivity index (χ1) is 11.0. The van der Waals surface area contributed by atoms with Crippen molar-refractivity contribution in [3.63, 3.8) is 0 Å². The third-order valence-electron chi connectivity index (χ3n) is 4.73. The van der Waals surface area contributed by atoms with Gasteiger partial charge in [-0.1, -0.05) is 0 Å². The van der Waals surface area contributed by atoms with Gasteiger partial charge in [-0.05, 0) is 70.9 Å². The summed E-state index contributed by atoms with van der Waals surface area (Å²) in [5.74, 6) is 0.561. The average molecular weight is 312 g/mol. The fourth-order valence-corrected chi connectivity index (χ4v) is 2.98. The maximum Gasteiger partial charge on any atom is 0.251 e. The molecule has 0 spiro atoms. The SMILES string of the molecule is Cc1nc2ccc(C(=O)NCC3CCN(C)CC3)cc2nc1C. The summed E-state index contributed by atoms with van der Waals surface area (Å²) in [6.07, 6.45) is 2.30. The number of aryl methyl sites for hydroxylation is 2. The summed E-state index contributed by atoms with van der Waals surface area (Å²) in [4.78, 5) is 23.7. The summed E-state index contributed by atoms with van der Waals surface area (Å²) in [6.45, 7) is 6.87. The molecule has 1 fully saturated rings. The highest BCUT2D eigenvalue weighted by atomic mass is 16.1. The van der Waals surface area contributed by atoms with Crippen LogP contribution < -0.4 is 5.32 Å². The maximum atomic E-state index is 12.4. The Balaban J connectivity index is 1.67. The summed E-state index contributed by atoms with van der Waals surface area (Å²) in [5, 5.41) is 3.07. The Morgan fingerprint density at radius 2 is 1.83 bits per heavy atom. The van der Waals surface area contributed by atoms with Crippen molar-refractivity contribution in [2.24, 2.45) is 5.92 Å². The lowest BCUT2D eigenvalue weighted by Gasteiger charge is -2.28. The van der Waals surface area contributed by atoms with Crippen LogP contribution >= 0.6 is 0 Å². The van der Waals surface area contributed by atoms with Crippen molar-refractivity contribution in [3.8, 4) is 0 Å². The van der Waals surface area contributed by atoms with Gasteiger partial charge >= 0.3 is 0 Å². The van der Waals surface area contributed by atoms with Gasteiger partial charge in [0, 0.05) is 12.1 Å². The van der Waals surface area contributed by atoms with Gasteiger partial charge in [-0.3, -0.25) is 4.79 Å². The topological polar surface area (TPSA) is 58.1 Å². The molecule has 5 heteroatoms. The van der Waals surface area contributed by atoms with Crippen LogP contribution in [0.4, 0.5) is 0 Å². The molecule has 5 nitrogen and oxygen atoms in total. The van der Waals surface area contributed by atoms with E-state index in [4.69, 9.17) is 0 Å². The number of likely N-dealkylation sites (tertiary alicyclic amines) is 1. The molecule has 1 aromatic heterocycles. The van der Waals surface area contributed by atoms with Gasteiger partial charge in [0.2, 0.25) is 0 Å². The monoisotopic (exact) mass is 312 g/mol. The first kappa shape index (κ1) is 15.9. The zero-order valence-corrected chi connectivity index (χ0v) is 14.1. The second kappa shape index (κ2) is 6.62. The molecule has 0 saturated carbocycles. The molecule has 2 heterocycles. The van der Waals surface area contributed by atoms with Gasteiger partial charge < -0.3 is 10.2 Å². The van der Waals surface area contributed by atoms with E-state index in [1.807, 2.05) is 32.0 Å². The lowest BCUT2D eigenvalue weighted by Crippen LogP contribution is -2.36. The minimum Gasteiger partial charge on any atom is -0.352 e. The van der Waals surface area contributed by atoms with Gasteiger partial charge in [-0.2, -0.15) is 0 Å². The molecule has 0 bridgehead atoms. The van der Waals surface area contributed by atoms with E-state index in [-0.39, 0.29) is 5.91 Å². The second-order valence-corrected chi connectivity index (χ2v) is 6.55. The second-order valence-electron chi connectivity index (χ2n) is 6.55. The first-order valence-electron chi connectivity index (χ1n) is 8.24. The summed E-state index contributed by atoms with van der Waals surface area (Å²) in [7, 11) is 2.15. The Morgan fingerprint density at radius 3 is 2.52 bits per heavy atom. The van der Waals surface area contributed by atoms with Gasteiger partial charge in [0.1, 0.15) is 0 Å². The number of carbonyl (C=O) groups is 1. The molecule has 1 amide bonds. The summed E-state index contributed by atoms with van der Waals surface area (Å²) in [5.41, 5.74) is 4.10. The van der Waals surface area contributed by atoms with Crippen LogP contribution in [0.5, 0.6) is 0 Å². The van der Waals surface area contributed by atoms with E-state index in [0.29, 0.717) is 11.5 Å². The summed E-state index contributed by atoms with van der Waals surface area (Å²) < 4.78 is 0. The largest absolute Gasteiger partial charge is 0.352 e. The first-order valence-corrected chi connectivity index (χ1v) is 8.24. The Labute approximate surface area is 137 Å². The van der Waals surface area contributed by atoms with Crippen molar-refractivity contribution in [2.75, 3.05) is 26.7 Å². The molecule has 122 valence electrons. The normalized spacial score (nSPS) is 16.7. The van der Waals surface area contributed by atoms with Crippen LogP contribution in [0.3, 0.4) is 0 Å². The predicted octanol–water partition coefficient (Wildman–Crippen LogP) is 2.32.